The Balaban J connectivity index is 3.02. The highest BCUT2D eigenvalue weighted by atomic mass is 32.2. The minimum Gasteiger partial charge on any atom is -0.507 e. The summed E-state index contributed by atoms with van der Waals surface area (Å²) in [6.07, 6.45) is 2.74. The Bertz CT molecular complexity index is 318. The number of hydrogen-bond acceptors (Lipinski definition) is 3. The molecule has 1 aromatic carbocycles. The molecular formula is C11H17NOS. The van der Waals surface area contributed by atoms with Crippen molar-refractivity contribution in [3.05, 3.63) is 23.8 Å². The molecule has 0 saturated carbocycles. The van der Waals surface area contributed by atoms with Gasteiger partial charge >= 0.3 is 0 Å². The number of thioether (sulfide) groups is 1. The second kappa shape index (κ2) is 4.24. The smallest absolute Gasteiger partial charge is 0.129 e. The van der Waals surface area contributed by atoms with Gasteiger partial charge in [0.1, 0.15) is 5.75 Å². The van der Waals surface area contributed by atoms with Crippen LogP contribution in [-0.4, -0.2) is 16.9 Å². The van der Waals surface area contributed by atoms with Gasteiger partial charge in [0, 0.05) is 5.54 Å². The van der Waals surface area contributed by atoms with Gasteiger partial charge in [-0.25, -0.2) is 0 Å². The third-order valence-electron chi connectivity index (χ3n) is 1.93. The van der Waals surface area contributed by atoms with Crippen molar-refractivity contribution in [1.82, 2.24) is 0 Å². The lowest BCUT2D eigenvalue weighted by Crippen LogP contribution is -2.34. The van der Waals surface area contributed by atoms with E-state index in [1.165, 1.54) is 0 Å². The molecule has 0 spiro atoms. The SMILES string of the molecule is CSc1c(O)cccc1CC(C)(C)N. The van der Waals surface area contributed by atoms with E-state index in [4.69, 9.17) is 5.73 Å². The summed E-state index contributed by atoms with van der Waals surface area (Å²) >= 11 is 1.56. The van der Waals surface area contributed by atoms with Crippen molar-refractivity contribution < 1.29 is 5.11 Å². The molecular weight excluding hydrogens is 194 g/mol. The predicted molar refractivity (Wildman–Crippen MR) is 61.9 cm³/mol. The van der Waals surface area contributed by atoms with E-state index in [1.807, 2.05) is 32.2 Å². The van der Waals surface area contributed by atoms with Crippen molar-refractivity contribution in [1.29, 1.82) is 0 Å². The normalized spacial score (nSPS) is 11.7. The highest BCUT2D eigenvalue weighted by Gasteiger charge is 2.15. The first-order chi connectivity index (χ1) is 6.44. The number of phenols is 1. The molecule has 2 nitrogen and oxygen atoms in total. The maximum atomic E-state index is 9.63. The van der Waals surface area contributed by atoms with Crippen molar-refractivity contribution in [2.24, 2.45) is 5.73 Å². The third-order valence-corrected chi connectivity index (χ3v) is 2.81. The lowest BCUT2D eigenvalue weighted by atomic mass is 9.96. The van der Waals surface area contributed by atoms with Gasteiger partial charge in [-0.15, -0.1) is 11.8 Å². The Hall–Kier alpha value is -0.670. The zero-order chi connectivity index (χ0) is 10.8. The summed E-state index contributed by atoms with van der Waals surface area (Å²) in [5.41, 5.74) is 6.83. The van der Waals surface area contributed by atoms with Crippen LogP contribution in [0.5, 0.6) is 5.75 Å². The fourth-order valence-electron chi connectivity index (χ4n) is 1.44. The number of rotatable bonds is 3. The molecule has 0 radical (unpaired) electrons. The highest BCUT2D eigenvalue weighted by Crippen LogP contribution is 2.31. The van der Waals surface area contributed by atoms with Gasteiger partial charge in [-0.05, 0) is 38.2 Å². The Morgan fingerprint density at radius 2 is 2.07 bits per heavy atom. The van der Waals surface area contributed by atoms with Gasteiger partial charge in [0.25, 0.3) is 0 Å². The summed E-state index contributed by atoms with van der Waals surface area (Å²) < 4.78 is 0. The Labute approximate surface area is 89.5 Å². The Kier molecular flexibility index (Phi) is 3.45. The van der Waals surface area contributed by atoms with Crippen molar-refractivity contribution in [3.8, 4) is 5.75 Å². The monoisotopic (exact) mass is 211 g/mol. The van der Waals surface area contributed by atoms with E-state index in [-0.39, 0.29) is 5.54 Å². The summed E-state index contributed by atoms with van der Waals surface area (Å²) in [4.78, 5) is 0.936. The summed E-state index contributed by atoms with van der Waals surface area (Å²) in [5, 5.41) is 9.63. The Morgan fingerprint density at radius 3 is 2.57 bits per heavy atom. The van der Waals surface area contributed by atoms with Gasteiger partial charge in [-0.3, -0.25) is 0 Å². The maximum absolute atomic E-state index is 9.63. The second-order valence-corrected chi connectivity index (χ2v) is 4.95. The van der Waals surface area contributed by atoms with Gasteiger partial charge in [-0.1, -0.05) is 12.1 Å². The van der Waals surface area contributed by atoms with Crippen molar-refractivity contribution in [2.45, 2.75) is 30.7 Å². The number of phenolic OH excluding ortho intramolecular Hbond substituents is 1. The van der Waals surface area contributed by atoms with E-state index in [0.717, 1.165) is 16.9 Å². The van der Waals surface area contributed by atoms with Crippen LogP contribution in [0.15, 0.2) is 23.1 Å². The average molecular weight is 211 g/mol. The molecule has 0 heterocycles. The van der Waals surface area contributed by atoms with E-state index < -0.39 is 0 Å². The van der Waals surface area contributed by atoms with Crippen molar-refractivity contribution in [3.63, 3.8) is 0 Å². The van der Waals surface area contributed by atoms with Gasteiger partial charge in [0.05, 0.1) is 4.90 Å². The molecule has 0 aliphatic carbocycles. The van der Waals surface area contributed by atoms with Crippen LogP contribution in [0.25, 0.3) is 0 Å². The molecule has 0 atom stereocenters. The number of aromatic hydroxyl groups is 1. The largest absolute Gasteiger partial charge is 0.507 e. The van der Waals surface area contributed by atoms with Crippen LogP contribution >= 0.6 is 11.8 Å². The fourth-order valence-corrected chi connectivity index (χ4v) is 2.12. The lowest BCUT2D eigenvalue weighted by Gasteiger charge is -2.20. The first kappa shape index (κ1) is 11.4. The molecule has 0 unspecified atom stereocenters. The minimum absolute atomic E-state index is 0.238. The predicted octanol–water partition coefficient (Wildman–Crippen LogP) is 2.39. The third kappa shape index (κ3) is 2.93. The van der Waals surface area contributed by atoms with Crippen LogP contribution in [0.4, 0.5) is 0 Å². The topological polar surface area (TPSA) is 46.2 Å². The molecule has 0 bridgehead atoms. The molecule has 0 saturated heterocycles. The van der Waals surface area contributed by atoms with Crippen LogP contribution in [0.2, 0.25) is 0 Å². The molecule has 3 heteroatoms. The average Bonchev–Trinajstić information content (AvgIpc) is 2.01. The summed E-state index contributed by atoms with van der Waals surface area (Å²) in [6.45, 7) is 3.97. The van der Waals surface area contributed by atoms with Crippen LogP contribution < -0.4 is 5.73 Å². The molecule has 0 aliphatic heterocycles. The number of benzene rings is 1. The minimum atomic E-state index is -0.238. The van der Waals surface area contributed by atoms with Gasteiger partial charge in [0.15, 0.2) is 0 Å². The molecule has 0 aromatic heterocycles. The number of nitrogens with two attached hydrogens (primary N) is 1. The van der Waals surface area contributed by atoms with Gasteiger partial charge < -0.3 is 10.8 Å². The molecule has 78 valence electrons. The van der Waals surface area contributed by atoms with Gasteiger partial charge in [0.2, 0.25) is 0 Å². The number of hydrogen-bond donors (Lipinski definition) is 2. The van der Waals surface area contributed by atoms with Crippen molar-refractivity contribution >= 4 is 11.8 Å². The first-order valence-corrected chi connectivity index (χ1v) is 5.80. The molecule has 0 amide bonds. The van der Waals surface area contributed by atoms with Crippen LogP contribution in [-0.2, 0) is 6.42 Å². The van der Waals surface area contributed by atoms with E-state index in [1.54, 1.807) is 17.8 Å². The molecule has 0 aliphatic rings. The summed E-state index contributed by atoms with van der Waals surface area (Å²) in [5.74, 6) is 0.347. The lowest BCUT2D eigenvalue weighted by molar-refractivity contribution is 0.456. The van der Waals surface area contributed by atoms with E-state index in [9.17, 15) is 5.11 Å². The molecule has 3 N–H and O–H groups in total. The summed E-state index contributed by atoms with van der Waals surface area (Å²) in [7, 11) is 0. The molecule has 14 heavy (non-hydrogen) atoms. The van der Waals surface area contributed by atoms with E-state index in [2.05, 4.69) is 0 Å². The standard InChI is InChI=1S/C11H17NOS/c1-11(2,12)7-8-5-4-6-9(13)10(8)14-3/h4-6,13H,7,12H2,1-3H3. The fraction of sp³-hybridized carbons (Fsp3) is 0.455. The zero-order valence-corrected chi connectivity index (χ0v) is 9.69. The highest BCUT2D eigenvalue weighted by molar-refractivity contribution is 7.98. The van der Waals surface area contributed by atoms with E-state index in [0.29, 0.717) is 5.75 Å². The van der Waals surface area contributed by atoms with Crippen LogP contribution in [0.1, 0.15) is 19.4 Å². The molecule has 1 rings (SSSR count). The quantitative estimate of drug-likeness (QED) is 0.755. The Morgan fingerprint density at radius 1 is 1.43 bits per heavy atom. The van der Waals surface area contributed by atoms with Gasteiger partial charge in [-0.2, -0.15) is 0 Å². The second-order valence-electron chi connectivity index (χ2n) is 4.13. The molecule has 0 fully saturated rings. The molecule has 1 aromatic rings. The zero-order valence-electron chi connectivity index (χ0n) is 8.87. The maximum Gasteiger partial charge on any atom is 0.129 e. The van der Waals surface area contributed by atoms with Crippen LogP contribution in [0, 0.1) is 0 Å². The summed E-state index contributed by atoms with van der Waals surface area (Å²) in [6, 6.07) is 5.58. The first-order valence-electron chi connectivity index (χ1n) is 4.58. The van der Waals surface area contributed by atoms with Crippen LogP contribution in [0.3, 0.4) is 0 Å². The van der Waals surface area contributed by atoms with Crippen molar-refractivity contribution in [2.75, 3.05) is 6.26 Å². The van der Waals surface area contributed by atoms with E-state index >= 15 is 0 Å².